The van der Waals surface area contributed by atoms with Gasteiger partial charge in [-0.2, -0.15) is 0 Å². The molecule has 1 unspecified atom stereocenters. The zero-order chi connectivity index (χ0) is 18.1. The molecule has 3 heteroatoms. The number of anilines is 1. The van der Waals surface area contributed by atoms with E-state index in [0.29, 0.717) is 11.5 Å². The zero-order valence-electron chi connectivity index (χ0n) is 16.4. The SMILES string of the molecule is CCCC(NC(=S)Nc1ccccc1CC)C12CC3CC(CC(C3)C1)C2. The van der Waals surface area contributed by atoms with Crippen molar-refractivity contribution in [1.29, 1.82) is 0 Å². The molecule has 4 bridgehead atoms. The van der Waals surface area contributed by atoms with Crippen LogP contribution in [-0.2, 0) is 6.42 Å². The highest BCUT2D eigenvalue weighted by Crippen LogP contribution is 2.61. The summed E-state index contributed by atoms with van der Waals surface area (Å²) in [6.45, 7) is 4.52. The molecule has 1 aromatic carbocycles. The van der Waals surface area contributed by atoms with Crippen molar-refractivity contribution in [1.82, 2.24) is 5.32 Å². The molecule has 2 nitrogen and oxygen atoms in total. The van der Waals surface area contributed by atoms with Gasteiger partial charge in [-0.3, -0.25) is 0 Å². The number of hydrogen-bond acceptors (Lipinski definition) is 1. The lowest BCUT2D eigenvalue weighted by Crippen LogP contribution is -2.57. The van der Waals surface area contributed by atoms with Crippen LogP contribution in [0.1, 0.15) is 70.8 Å². The Morgan fingerprint density at radius 3 is 2.27 bits per heavy atom. The van der Waals surface area contributed by atoms with Crippen LogP contribution >= 0.6 is 12.2 Å². The zero-order valence-corrected chi connectivity index (χ0v) is 17.2. The number of aryl methyl sites for hydroxylation is 1. The van der Waals surface area contributed by atoms with Gasteiger partial charge in [0.25, 0.3) is 0 Å². The lowest BCUT2D eigenvalue weighted by Gasteiger charge is -2.59. The van der Waals surface area contributed by atoms with Crippen molar-refractivity contribution in [3.63, 3.8) is 0 Å². The molecule has 4 fully saturated rings. The van der Waals surface area contributed by atoms with Gasteiger partial charge in [0.2, 0.25) is 0 Å². The third-order valence-corrected chi connectivity index (χ3v) is 7.57. The minimum Gasteiger partial charge on any atom is -0.359 e. The molecule has 0 radical (unpaired) electrons. The summed E-state index contributed by atoms with van der Waals surface area (Å²) in [4.78, 5) is 0. The Hall–Kier alpha value is -1.09. The molecule has 2 N–H and O–H groups in total. The third-order valence-electron chi connectivity index (χ3n) is 7.35. The number of rotatable bonds is 6. The molecule has 4 aliphatic carbocycles. The first kappa shape index (κ1) is 18.3. The largest absolute Gasteiger partial charge is 0.359 e. The summed E-state index contributed by atoms with van der Waals surface area (Å²) in [6.07, 6.45) is 12.3. The minimum absolute atomic E-state index is 0.501. The van der Waals surface area contributed by atoms with Crippen molar-refractivity contribution in [2.24, 2.45) is 23.2 Å². The molecule has 0 spiro atoms. The van der Waals surface area contributed by atoms with Gasteiger partial charge in [0.1, 0.15) is 0 Å². The first-order valence-electron chi connectivity index (χ1n) is 10.8. The fourth-order valence-electron chi connectivity index (χ4n) is 6.69. The second kappa shape index (κ2) is 7.50. The molecule has 0 aromatic heterocycles. The molecule has 0 amide bonds. The highest BCUT2D eigenvalue weighted by molar-refractivity contribution is 7.80. The quantitative estimate of drug-likeness (QED) is 0.608. The number of thiocarbonyl (C=S) groups is 1. The molecule has 0 heterocycles. The molecular formula is C23H34N2S. The maximum atomic E-state index is 5.77. The summed E-state index contributed by atoms with van der Waals surface area (Å²) < 4.78 is 0. The van der Waals surface area contributed by atoms with Crippen molar-refractivity contribution >= 4 is 23.0 Å². The van der Waals surface area contributed by atoms with Gasteiger partial charge in [-0.15, -0.1) is 0 Å². The number of hydrogen-bond donors (Lipinski definition) is 2. The smallest absolute Gasteiger partial charge is 0.171 e. The van der Waals surface area contributed by atoms with Gasteiger partial charge in [-0.05, 0) is 98.4 Å². The lowest BCUT2D eigenvalue weighted by molar-refractivity contribution is -0.0718. The van der Waals surface area contributed by atoms with E-state index in [4.69, 9.17) is 12.2 Å². The maximum absolute atomic E-state index is 5.77. The predicted octanol–water partition coefficient (Wildman–Crippen LogP) is 5.92. The van der Waals surface area contributed by atoms with Gasteiger partial charge in [0.05, 0.1) is 0 Å². The number of para-hydroxylation sites is 1. The van der Waals surface area contributed by atoms with E-state index in [0.717, 1.165) is 35.0 Å². The summed E-state index contributed by atoms with van der Waals surface area (Å²) in [6, 6.07) is 9.07. The summed E-state index contributed by atoms with van der Waals surface area (Å²) >= 11 is 5.77. The Kier molecular flexibility index (Phi) is 5.27. The van der Waals surface area contributed by atoms with E-state index >= 15 is 0 Å². The summed E-state index contributed by atoms with van der Waals surface area (Å²) in [7, 11) is 0. The first-order chi connectivity index (χ1) is 12.6. The lowest BCUT2D eigenvalue weighted by atomic mass is 9.47. The molecule has 4 aliphatic rings. The van der Waals surface area contributed by atoms with Gasteiger partial charge in [-0.1, -0.05) is 38.5 Å². The second-order valence-corrected chi connectivity index (χ2v) is 9.64. The Bertz CT molecular complexity index is 618. The van der Waals surface area contributed by atoms with E-state index in [1.807, 2.05) is 0 Å². The van der Waals surface area contributed by atoms with Crippen LogP contribution in [-0.4, -0.2) is 11.2 Å². The second-order valence-electron chi connectivity index (χ2n) is 9.23. The van der Waals surface area contributed by atoms with E-state index in [9.17, 15) is 0 Å². The fourth-order valence-corrected chi connectivity index (χ4v) is 6.94. The molecule has 1 atom stereocenters. The van der Waals surface area contributed by atoms with Crippen LogP contribution in [0.5, 0.6) is 0 Å². The molecular weight excluding hydrogens is 336 g/mol. The molecule has 1 aromatic rings. The van der Waals surface area contributed by atoms with Crippen LogP contribution in [0.3, 0.4) is 0 Å². The van der Waals surface area contributed by atoms with E-state index in [1.165, 1.54) is 56.9 Å². The van der Waals surface area contributed by atoms with E-state index < -0.39 is 0 Å². The highest BCUT2D eigenvalue weighted by atomic mass is 32.1. The van der Waals surface area contributed by atoms with Crippen molar-refractivity contribution < 1.29 is 0 Å². The van der Waals surface area contributed by atoms with Crippen molar-refractivity contribution in [3.8, 4) is 0 Å². The Morgan fingerprint density at radius 1 is 1.08 bits per heavy atom. The van der Waals surface area contributed by atoms with Gasteiger partial charge >= 0.3 is 0 Å². The average molecular weight is 371 g/mol. The van der Waals surface area contributed by atoms with E-state index in [-0.39, 0.29) is 0 Å². The van der Waals surface area contributed by atoms with Crippen molar-refractivity contribution in [2.45, 2.75) is 77.7 Å². The summed E-state index contributed by atoms with van der Waals surface area (Å²) in [5, 5.41) is 8.12. The monoisotopic (exact) mass is 370 g/mol. The summed E-state index contributed by atoms with van der Waals surface area (Å²) in [5.74, 6) is 2.97. The Labute approximate surface area is 164 Å². The molecule has 142 valence electrons. The predicted molar refractivity (Wildman–Crippen MR) is 114 cm³/mol. The Balaban J connectivity index is 1.48. The maximum Gasteiger partial charge on any atom is 0.171 e. The van der Waals surface area contributed by atoms with Crippen LogP contribution in [0.2, 0.25) is 0 Å². The van der Waals surface area contributed by atoms with Crippen LogP contribution in [0, 0.1) is 23.2 Å². The number of nitrogens with one attached hydrogen (secondary N) is 2. The van der Waals surface area contributed by atoms with Crippen LogP contribution in [0.4, 0.5) is 5.69 Å². The molecule has 26 heavy (non-hydrogen) atoms. The first-order valence-corrected chi connectivity index (χ1v) is 11.2. The fraction of sp³-hybridized carbons (Fsp3) is 0.696. The molecule has 4 saturated carbocycles. The molecule has 5 rings (SSSR count). The van der Waals surface area contributed by atoms with Gasteiger partial charge < -0.3 is 10.6 Å². The van der Waals surface area contributed by atoms with Crippen molar-refractivity contribution in [3.05, 3.63) is 29.8 Å². The van der Waals surface area contributed by atoms with Gasteiger partial charge in [0, 0.05) is 11.7 Å². The van der Waals surface area contributed by atoms with Crippen LogP contribution in [0.15, 0.2) is 24.3 Å². The van der Waals surface area contributed by atoms with Crippen molar-refractivity contribution in [2.75, 3.05) is 5.32 Å². The van der Waals surface area contributed by atoms with Crippen LogP contribution in [0.25, 0.3) is 0 Å². The number of benzene rings is 1. The van der Waals surface area contributed by atoms with E-state index in [2.05, 4.69) is 48.7 Å². The normalized spacial score (nSPS) is 33.1. The summed E-state index contributed by atoms with van der Waals surface area (Å²) in [5.41, 5.74) is 2.99. The van der Waals surface area contributed by atoms with E-state index in [1.54, 1.807) is 0 Å². The average Bonchev–Trinajstić information content (AvgIpc) is 2.60. The topological polar surface area (TPSA) is 24.1 Å². The Morgan fingerprint density at radius 2 is 1.69 bits per heavy atom. The van der Waals surface area contributed by atoms with Gasteiger partial charge in [0.15, 0.2) is 5.11 Å². The molecule has 0 aliphatic heterocycles. The standard InChI is InChI=1S/C23H34N2S/c1-3-7-21(23-13-16-10-17(14-23)12-18(11-16)15-23)25-22(26)24-20-9-6-5-8-19(20)4-2/h5-6,8-9,16-18,21H,3-4,7,10-15H2,1-2H3,(H2,24,25,26). The van der Waals surface area contributed by atoms with Crippen LogP contribution < -0.4 is 10.6 Å². The molecule has 0 saturated heterocycles. The van der Waals surface area contributed by atoms with Gasteiger partial charge in [-0.25, -0.2) is 0 Å². The minimum atomic E-state index is 0.501. The third kappa shape index (κ3) is 3.52. The highest BCUT2D eigenvalue weighted by Gasteiger charge is 2.54.